The molecule has 0 aliphatic rings. The van der Waals surface area contributed by atoms with Crippen molar-refractivity contribution >= 4 is 140 Å². The molecule has 0 fully saturated rings. The van der Waals surface area contributed by atoms with Gasteiger partial charge >= 0.3 is 0 Å². The van der Waals surface area contributed by atoms with E-state index in [1.807, 2.05) is 36.1 Å². The third-order valence-corrected chi connectivity index (χ3v) is 21.6. The summed E-state index contributed by atoms with van der Waals surface area (Å²) in [5.41, 5.74) is 23.0. The topological polar surface area (TPSA) is 66.3 Å². The minimum absolute atomic E-state index is 0.856. The Hall–Kier alpha value is -12.9. The van der Waals surface area contributed by atoms with Crippen molar-refractivity contribution in [1.82, 2.24) is 33.9 Å². The predicted molar refractivity (Wildman–Crippen MR) is 411 cm³/mol. The molecular formula is C90H53N7S. The van der Waals surface area contributed by atoms with Gasteiger partial charge in [0.15, 0.2) is 0 Å². The average molecular weight is 1260 g/mol. The minimum Gasteiger partial charge on any atom is -0.309 e. The Morgan fingerprint density at radius 3 is 1.50 bits per heavy atom. The van der Waals surface area contributed by atoms with Gasteiger partial charge in [0.2, 0.25) is 0 Å². The number of rotatable bonds is 8. The second-order valence-electron chi connectivity index (χ2n) is 25.8. The van der Waals surface area contributed by atoms with E-state index < -0.39 is 0 Å². The van der Waals surface area contributed by atoms with Crippen LogP contribution in [0, 0.1) is 0 Å². The summed E-state index contributed by atoms with van der Waals surface area (Å²) >= 11 is 1.84. The first-order valence-electron chi connectivity index (χ1n) is 33.2. The maximum Gasteiger partial charge on any atom is 0.113 e. The van der Waals surface area contributed by atoms with Crippen molar-refractivity contribution in [3.63, 3.8) is 0 Å². The normalized spacial score (nSPS) is 12.1. The second-order valence-corrected chi connectivity index (χ2v) is 26.8. The van der Waals surface area contributed by atoms with Crippen LogP contribution in [0.3, 0.4) is 0 Å². The van der Waals surface area contributed by atoms with E-state index in [0.717, 1.165) is 116 Å². The second kappa shape index (κ2) is 21.3. The molecule has 0 saturated heterocycles. The molecule has 98 heavy (non-hydrogen) atoms. The number of hydrogen-bond donors (Lipinski definition) is 0. The van der Waals surface area contributed by atoms with Crippen molar-refractivity contribution in [3.05, 3.63) is 322 Å². The van der Waals surface area contributed by atoms with Gasteiger partial charge in [-0.3, -0.25) is 9.97 Å². The fourth-order valence-corrected chi connectivity index (χ4v) is 17.1. The van der Waals surface area contributed by atoms with E-state index in [1.54, 1.807) is 0 Å². The molecule has 0 bridgehead atoms. The van der Waals surface area contributed by atoms with E-state index >= 15 is 0 Å². The summed E-state index contributed by atoms with van der Waals surface area (Å²) in [6, 6.07) is 109. The smallest absolute Gasteiger partial charge is 0.113 e. The Balaban J connectivity index is 0.647. The Bertz CT molecular complexity index is 6930. The van der Waals surface area contributed by atoms with Gasteiger partial charge in [-0.15, -0.1) is 11.3 Å². The summed E-state index contributed by atoms with van der Waals surface area (Å²) in [5, 5.41) is 25.7. The van der Waals surface area contributed by atoms with E-state index in [1.165, 1.54) is 85.2 Å². The lowest BCUT2D eigenvalue weighted by Gasteiger charge is -2.15. The van der Waals surface area contributed by atoms with Gasteiger partial charge in [-0.25, -0.2) is 0 Å². The van der Waals surface area contributed by atoms with Crippen LogP contribution in [0.5, 0.6) is 0 Å². The molecule has 6 aromatic heterocycles. The number of benzene rings is 15. The van der Waals surface area contributed by atoms with Gasteiger partial charge in [0.25, 0.3) is 0 Å². The van der Waals surface area contributed by atoms with Crippen LogP contribution in [-0.4, -0.2) is 33.9 Å². The molecule has 0 aliphatic carbocycles. The largest absolute Gasteiger partial charge is 0.309 e. The lowest BCUT2D eigenvalue weighted by Crippen LogP contribution is -1.99. The Kier molecular flexibility index (Phi) is 11.9. The van der Waals surface area contributed by atoms with Gasteiger partial charge in [0.1, 0.15) is 5.52 Å². The molecule has 0 spiro atoms. The number of aromatic nitrogens is 7. The van der Waals surface area contributed by atoms with E-state index in [-0.39, 0.29) is 0 Å². The van der Waals surface area contributed by atoms with E-state index in [9.17, 15) is 0 Å². The molecule has 0 radical (unpaired) electrons. The monoisotopic (exact) mass is 1260 g/mol. The first-order valence-corrected chi connectivity index (χ1v) is 34.0. The van der Waals surface area contributed by atoms with Crippen LogP contribution < -0.4 is 0 Å². The fraction of sp³-hybridized carbons (Fsp3) is 0. The highest BCUT2D eigenvalue weighted by Gasteiger charge is 2.24. The van der Waals surface area contributed by atoms with Gasteiger partial charge in [0, 0.05) is 86.9 Å². The van der Waals surface area contributed by atoms with Crippen molar-refractivity contribution in [3.8, 4) is 72.7 Å². The highest BCUT2D eigenvalue weighted by atomic mass is 32.1. The summed E-state index contributed by atoms with van der Waals surface area (Å²) in [4.78, 5) is 10.2. The van der Waals surface area contributed by atoms with E-state index in [0.29, 0.717) is 0 Å². The molecule has 0 saturated carbocycles. The third-order valence-electron chi connectivity index (χ3n) is 20.5. The summed E-state index contributed by atoms with van der Waals surface area (Å²) in [6.07, 6.45) is 7.53. The third kappa shape index (κ3) is 8.28. The quantitative estimate of drug-likeness (QED) is 0.152. The molecule has 21 rings (SSSR count). The van der Waals surface area contributed by atoms with Crippen molar-refractivity contribution < 1.29 is 0 Å². The van der Waals surface area contributed by atoms with Crippen molar-refractivity contribution in [2.75, 3.05) is 0 Å². The van der Waals surface area contributed by atoms with E-state index in [2.05, 4.69) is 321 Å². The molecule has 0 unspecified atom stereocenters. The standard InChI is InChI=1S/C90H53N7S/c1-2-14-54(15-3-1)62-31-38-79-72(47-62)74-45-58-16-4-6-18-60(58)49-84(74)96(79)81-40-37-67(76-52-93-94-53-77(76)81)70-24-13-26-82-88(70)71-23-8-10-25-78(71)95(82)65-33-28-55(29-34-65)56-20-12-21-57(44-56)63-32-39-80-73(48-63)75-46-59-17-5-7-19-61(59)50-85(75)97(80)83-41-36-66(89-90(83)92-43-42-91-89)64-30-35-69-68-22-9-11-27-86(68)98-87(69)51-64/h1-53H. The Morgan fingerprint density at radius 1 is 0.245 bits per heavy atom. The van der Waals surface area contributed by atoms with Crippen molar-refractivity contribution in [2.24, 2.45) is 0 Å². The molecule has 0 N–H and O–H groups in total. The molecule has 8 heteroatoms. The average Bonchev–Trinajstić information content (AvgIpc) is 1.54. The van der Waals surface area contributed by atoms with Gasteiger partial charge in [-0.05, 0) is 181 Å². The van der Waals surface area contributed by atoms with E-state index in [4.69, 9.17) is 9.97 Å². The minimum atomic E-state index is 0.856. The van der Waals surface area contributed by atoms with Crippen molar-refractivity contribution in [2.45, 2.75) is 0 Å². The number of thiophene rings is 1. The lowest BCUT2D eigenvalue weighted by molar-refractivity contribution is 1.05. The Labute approximate surface area is 565 Å². The van der Waals surface area contributed by atoms with Gasteiger partial charge in [-0.2, -0.15) is 10.2 Å². The number of fused-ring (bicyclic) bond motifs is 16. The Morgan fingerprint density at radius 2 is 0.755 bits per heavy atom. The van der Waals surface area contributed by atoms with Gasteiger partial charge < -0.3 is 13.7 Å². The molecule has 0 aliphatic heterocycles. The summed E-state index contributed by atoms with van der Waals surface area (Å²) in [6.45, 7) is 0. The maximum atomic E-state index is 5.12. The molecule has 7 nitrogen and oxygen atoms in total. The zero-order valence-electron chi connectivity index (χ0n) is 52.6. The van der Waals surface area contributed by atoms with Crippen LogP contribution in [0.2, 0.25) is 0 Å². The summed E-state index contributed by atoms with van der Waals surface area (Å²) in [5.74, 6) is 0. The van der Waals surface area contributed by atoms with Crippen LogP contribution in [-0.2, 0) is 0 Å². The zero-order chi connectivity index (χ0) is 64.1. The van der Waals surface area contributed by atoms with Gasteiger partial charge in [-0.1, -0.05) is 188 Å². The molecule has 0 amide bonds. The fourth-order valence-electron chi connectivity index (χ4n) is 16.0. The first kappa shape index (κ1) is 54.5. The molecule has 6 heterocycles. The van der Waals surface area contributed by atoms with Crippen molar-refractivity contribution in [1.29, 1.82) is 0 Å². The first-order chi connectivity index (χ1) is 48.6. The SMILES string of the molecule is c1ccc(-c2ccc3c(c2)c2cc4ccccc4cc2n3-c2ccc(-c3cccc4c3c3ccccc3n4-c3ccc(-c4cccc(-c5ccc6c(c5)c5cc7ccccc7cc5n6-c5ccc(-c6ccc7c(c6)sc6ccccc67)c6nccnc56)c4)cc3)c3cnncc23)cc1. The molecule has 15 aromatic carbocycles. The highest BCUT2D eigenvalue weighted by Crippen LogP contribution is 2.46. The number of hydrogen-bond acceptors (Lipinski definition) is 5. The lowest BCUT2D eigenvalue weighted by atomic mass is 9.95. The zero-order valence-corrected chi connectivity index (χ0v) is 53.5. The maximum absolute atomic E-state index is 5.12. The summed E-state index contributed by atoms with van der Waals surface area (Å²) in [7, 11) is 0. The summed E-state index contributed by atoms with van der Waals surface area (Å²) < 4.78 is 9.80. The number of nitrogens with zero attached hydrogens (tertiary/aromatic N) is 7. The molecule has 454 valence electrons. The van der Waals surface area contributed by atoms with Crippen LogP contribution in [0.25, 0.3) is 202 Å². The predicted octanol–water partition coefficient (Wildman–Crippen LogP) is 23.9. The van der Waals surface area contributed by atoms with Crippen LogP contribution in [0.1, 0.15) is 0 Å². The molecular weight excluding hydrogens is 1210 g/mol. The molecule has 21 aromatic rings. The highest BCUT2D eigenvalue weighted by molar-refractivity contribution is 7.25. The molecule has 0 atom stereocenters. The van der Waals surface area contributed by atoms with Crippen LogP contribution >= 0.6 is 11.3 Å². The number of para-hydroxylation sites is 1. The van der Waals surface area contributed by atoms with Crippen LogP contribution in [0.15, 0.2) is 322 Å². The van der Waals surface area contributed by atoms with Gasteiger partial charge in [0.05, 0.1) is 62.4 Å². The van der Waals surface area contributed by atoms with Crippen LogP contribution in [0.4, 0.5) is 0 Å².